The van der Waals surface area contributed by atoms with E-state index >= 15 is 0 Å². The van der Waals surface area contributed by atoms with Crippen LogP contribution in [-0.2, 0) is 19.7 Å². The summed E-state index contributed by atoms with van der Waals surface area (Å²) in [6.07, 6.45) is 4.47. The summed E-state index contributed by atoms with van der Waals surface area (Å²) in [5, 5.41) is 12.6. The molecular weight excluding hydrogens is 590 g/mol. The number of rotatable bonds is 9. The number of imide groups is 1. The van der Waals surface area contributed by atoms with Gasteiger partial charge in [-0.3, -0.25) is 29.3 Å². The predicted octanol–water partition coefficient (Wildman–Crippen LogP) is 3.72. The van der Waals surface area contributed by atoms with Crippen molar-refractivity contribution in [3.63, 3.8) is 0 Å². The third kappa shape index (κ3) is 5.04. The van der Waals surface area contributed by atoms with Crippen LogP contribution in [0.1, 0.15) is 32.7 Å². The third-order valence-corrected chi connectivity index (χ3v) is 9.49. The topological polar surface area (TPSA) is 161 Å². The number of nitrogens with zero attached hydrogens (tertiary/aromatic N) is 3. The van der Waals surface area contributed by atoms with Crippen LogP contribution in [0.2, 0.25) is 0 Å². The molecule has 1 aliphatic heterocycles. The standard InChI is InChI=1S/C31H25N3O9S/c1-18-2-14-25(15-3-18)44(41,42)43-24-12-8-19(9-13-24)26(35)17-32(29(36)20-6-10-23(11-7-20)34(39)40)33-30(37)27-21-4-5-22(16-21)28(27)31(33)38/h2-15,21-22,27-28H,16-17H2,1H3/t21-,22-,27-,28-/m0/s1. The number of amides is 3. The SMILES string of the molecule is Cc1ccc(S(=O)(=O)Oc2ccc(C(=O)CN(C(=O)c3ccc([N+](=O)[O-])cc3)N3C(=O)[C@@H]4[C@@H](C3=O)[C@H]3C=C[C@H]4C3)cc2)cc1. The fourth-order valence-electron chi connectivity index (χ4n) is 6.04. The minimum Gasteiger partial charge on any atom is -0.379 e. The van der Waals surface area contributed by atoms with Crippen LogP contribution in [0.5, 0.6) is 5.75 Å². The monoisotopic (exact) mass is 615 g/mol. The van der Waals surface area contributed by atoms with Crippen LogP contribution in [0.4, 0.5) is 5.69 Å². The summed E-state index contributed by atoms with van der Waals surface area (Å²) in [4.78, 5) is 64.6. The number of allylic oxidation sites excluding steroid dienone is 2. The molecule has 0 N–H and O–H groups in total. The van der Waals surface area contributed by atoms with E-state index in [0.717, 1.165) is 27.7 Å². The number of fused-ring (bicyclic) bond motifs is 5. The summed E-state index contributed by atoms with van der Waals surface area (Å²) in [5.74, 6) is -4.26. The Bertz CT molecular complexity index is 1810. The maximum atomic E-state index is 13.7. The lowest BCUT2D eigenvalue weighted by atomic mass is 9.85. The zero-order valence-electron chi connectivity index (χ0n) is 23.2. The number of aryl methyl sites for hydroxylation is 1. The van der Waals surface area contributed by atoms with Gasteiger partial charge in [-0.2, -0.15) is 13.4 Å². The van der Waals surface area contributed by atoms with Crippen LogP contribution in [0.15, 0.2) is 89.8 Å². The highest BCUT2D eigenvalue weighted by atomic mass is 32.2. The van der Waals surface area contributed by atoms with E-state index in [1.807, 2.05) is 19.1 Å². The van der Waals surface area contributed by atoms with Gasteiger partial charge in [0.15, 0.2) is 5.78 Å². The van der Waals surface area contributed by atoms with Crippen LogP contribution in [0.25, 0.3) is 0 Å². The van der Waals surface area contributed by atoms with Crippen molar-refractivity contribution in [2.45, 2.75) is 18.2 Å². The first kappa shape index (κ1) is 28.9. The second-order valence-corrected chi connectivity index (χ2v) is 12.5. The normalized spacial score (nSPS) is 21.8. The molecule has 13 heteroatoms. The minimum atomic E-state index is -4.13. The molecule has 1 saturated heterocycles. The van der Waals surface area contributed by atoms with Gasteiger partial charge in [0.05, 0.1) is 16.8 Å². The zero-order valence-corrected chi connectivity index (χ0v) is 24.0. The number of carbonyl (C=O) groups is 4. The van der Waals surface area contributed by atoms with Gasteiger partial charge < -0.3 is 4.18 Å². The lowest BCUT2D eigenvalue weighted by Crippen LogP contribution is -2.52. The fraction of sp³-hybridized carbons (Fsp3) is 0.226. The third-order valence-electron chi connectivity index (χ3n) is 8.23. The molecule has 3 aromatic rings. The number of nitro groups is 1. The smallest absolute Gasteiger partial charge is 0.339 e. The Morgan fingerprint density at radius 2 is 1.43 bits per heavy atom. The molecule has 3 aliphatic rings. The van der Waals surface area contributed by atoms with Crippen molar-refractivity contribution in [3.05, 3.63) is 112 Å². The van der Waals surface area contributed by atoms with E-state index < -0.39 is 56.9 Å². The summed E-state index contributed by atoms with van der Waals surface area (Å²) in [6.45, 7) is 1.12. The molecule has 1 saturated carbocycles. The molecular formula is C31H25N3O9S. The lowest BCUT2D eigenvalue weighted by Gasteiger charge is -2.30. The molecule has 0 radical (unpaired) electrons. The van der Waals surface area contributed by atoms with E-state index in [4.69, 9.17) is 4.18 Å². The molecule has 2 aliphatic carbocycles. The van der Waals surface area contributed by atoms with Crippen LogP contribution in [-0.4, -0.2) is 53.4 Å². The molecule has 1 heterocycles. The Morgan fingerprint density at radius 3 is 1.98 bits per heavy atom. The Hall–Kier alpha value is -5.17. The maximum absolute atomic E-state index is 13.7. The number of hydrazine groups is 1. The summed E-state index contributed by atoms with van der Waals surface area (Å²) in [7, 11) is -4.13. The maximum Gasteiger partial charge on any atom is 0.339 e. The molecule has 44 heavy (non-hydrogen) atoms. The Morgan fingerprint density at radius 1 is 0.886 bits per heavy atom. The summed E-state index contributed by atoms with van der Waals surface area (Å²) < 4.78 is 30.5. The number of carbonyl (C=O) groups excluding carboxylic acids is 4. The van der Waals surface area contributed by atoms with E-state index in [0.29, 0.717) is 6.42 Å². The quantitative estimate of drug-likeness (QED) is 0.0872. The second-order valence-electron chi connectivity index (χ2n) is 11.0. The van der Waals surface area contributed by atoms with Gasteiger partial charge in [-0.25, -0.2) is 5.01 Å². The van der Waals surface area contributed by atoms with Crippen LogP contribution in [0, 0.1) is 40.7 Å². The van der Waals surface area contributed by atoms with Crippen molar-refractivity contribution in [3.8, 4) is 5.75 Å². The molecule has 12 nitrogen and oxygen atoms in total. The number of hydrogen-bond donors (Lipinski definition) is 0. The van der Waals surface area contributed by atoms with Crippen molar-refractivity contribution in [2.24, 2.45) is 23.7 Å². The molecule has 2 fully saturated rings. The number of ketones is 1. The largest absolute Gasteiger partial charge is 0.379 e. The van der Waals surface area contributed by atoms with E-state index in [9.17, 15) is 37.7 Å². The molecule has 3 amide bonds. The molecule has 224 valence electrons. The predicted molar refractivity (Wildman–Crippen MR) is 153 cm³/mol. The van der Waals surface area contributed by atoms with Crippen LogP contribution in [0.3, 0.4) is 0 Å². The molecule has 0 spiro atoms. The van der Waals surface area contributed by atoms with Crippen LogP contribution < -0.4 is 4.18 Å². The first-order valence-electron chi connectivity index (χ1n) is 13.7. The highest BCUT2D eigenvalue weighted by Crippen LogP contribution is 2.52. The van der Waals surface area contributed by atoms with Crippen molar-refractivity contribution >= 4 is 39.3 Å². The van der Waals surface area contributed by atoms with Gasteiger partial charge in [-0.05, 0) is 73.7 Å². The van der Waals surface area contributed by atoms with Gasteiger partial charge in [0, 0.05) is 23.3 Å². The van der Waals surface area contributed by atoms with Gasteiger partial charge in [0.2, 0.25) is 0 Å². The number of nitro benzene ring substituents is 1. The molecule has 0 unspecified atom stereocenters. The first-order valence-corrected chi connectivity index (χ1v) is 15.1. The van der Waals surface area contributed by atoms with E-state index in [2.05, 4.69) is 0 Å². The number of Topliss-reactive ketones (excluding diaryl/α,β-unsaturated/α-hetero) is 1. The Labute approximate surface area is 251 Å². The van der Waals surface area contributed by atoms with Gasteiger partial charge in [-0.1, -0.05) is 29.8 Å². The summed E-state index contributed by atoms with van der Waals surface area (Å²) in [6, 6.07) is 15.9. The van der Waals surface area contributed by atoms with Crippen molar-refractivity contribution in [2.75, 3.05) is 6.54 Å². The molecule has 4 atom stereocenters. The zero-order chi connectivity index (χ0) is 31.3. The van der Waals surface area contributed by atoms with Gasteiger partial charge in [0.1, 0.15) is 17.2 Å². The minimum absolute atomic E-state index is 0.0444. The van der Waals surface area contributed by atoms with Gasteiger partial charge in [0.25, 0.3) is 23.4 Å². The number of non-ortho nitro benzene ring substituents is 1. The van der Waals surface area contributed by atoms with Gasteiger partial charge >= 0.3 is 10.1 Å². The van der Waals surface area contributed by atoms with E-state index in [-0.39, 0.29) is 39.3 Å². The Kier molecular flexibility index (Phi) is 7.12. The van der Waals surface area contributed by atoms with E-state index in [1.54, 1.807) is 12.1 Å². The van der Waals surface area contributed by atoms with Crippen molar-refractivity contribution in [1.29, 1.82) is 0 Å². The van der Waals surface area contributed by atoms with E-state index in [1.165, 1.54) is 48.5 Å². The molecule has 6 rings (SSSR count). The summed E-state index contributed by atoms with van der Waals surface area (Å²) in [5.41, 5.74) is 0.610. The average molecular weight is 616 g/mol. The summed E-state index contributed by atoms with van der Waals surface area (Å²) >= 11 is 0. The first-order chi connectivity index (χ1) is 20.9. The fourth-order valence-corrected chi connectivity index (χ4v) is 6.97. The average Bonchev–Trinajstić information content (AvgIpc) is 3.69. The number of hydrogen-bond acceptors (Lipinski definition) is 9. The lowest BCUT2D eigenvalue weighted by molar-refractivity contribution is -0.384. The second kappa shape index (κ2) is 10.8. The molecule has 2 bridgehead atoms. The number of benzene rings is 3. The highest BCUT2D eigenvalue weighted by molar-refractivity contribution is 7.87. The highest BCUT2D eigenvalue weighted by Gasteiger charge is 2.61. The van der Waals surface area contributed by atoms with Gasteiger partial charge in [-0.15, -0.1) is 0 Å². The van der Waals surface area contributed by atoms with Crippen molar-refractivity contribution < 1.29 is 36.7 Å². The molecule has 3 aromatic carbocycles. The Balaban J connectivity index is 1.25. The van der Waals surface area contributed by atoms with Crippen LogP contribution >= 0.6 is 0 Å². The molecule has 0 aromatic heterocycles. The van der Waals surface area contributed by atoms with Crippen molar-refractivity contribution in [1.82, 2.24) is 10.0 Å².